The van der Waals surface area contributed by atoms with E-state index >= 15 is 0 Å². The molecule has 1 saturated carbocycles. The number of aryl methyl sites for hydroxylation is 1. The van der Waals surface area contributed by atoms with Gasteiger partial charge in [-0.3, -0.25) is 9.59 Å². The van der Waals surface area contributed by atoms with E-state index in [2.05, 4.69) is 31.4 Å². The number of anilines is 1. The Morgan fingerprint density at radius 2 is 1.80 bits per heavy atom. The summed E-state index contributed by atoms with van der Waals surface area (Å²) in [6.45, 7) is 8.12. The Kier molecular flexibility index (Phi) is 4.84. The van der Waals surface area contributed by atoms with Crippen molar-refractivity contribution in [3.63, 3.8) is 0 Å². The topological polar surface area (TPSA) is 88.9 Å². The first-order valence-corrected chi connectivity index (χ1v) is 10.2. The van der Waals surface area contributed by atoms with Gasteiger partial charge in [-0.1, -0.05) is 12.1 Å². The molecule has 30 heavy (non-hydrogen) atoms. The van der Waals surface area contributed by atoms with Crippen LogP contribution in [-0.4, -0.2) is 33.6 Å². The molecular formula is C23H27N5O2. The summed E-state index contributed by atoms with van der Waals surface area (Å²) in [7, 11) is 1.57. The molecule has 1 fully saturated rings. The SMILES string of the molecule is CNC(=O)c1ccccc1NC(=O)c1cc(C2CC2)nc2c1c(C)nn2C(C)(C)C. The van der Waals surface area contributed by atoms with Gasteiger partial charge in [-0.15, -0.1) is 0 Å². The van der Waals surface area contributed by atoms with E-state index in [1.165, 1.54) is 0 Å². The minimum atomic E-state index is -0.266. The van der Waals surface area contributed by atoms with Crippen molar-refractivity contribution in [3.8, 4) is 0 Å². The summed E-state index contributed by atoms with van der Waals surface area (Å²) in [4.78, 5) is 30.5. The normalized spacial score (nSPS) is 14.0. The van der Waals surface area contributed by atoms with E-state index in [9.17, 15) is 9.59 Å². The highest BCUT2D eigenvalue weighted by atomic mass is 16.2. The van der Waals surface area contributed by atoms with Crippen molar-refractivity contribution in [2.45, 2.75) is 52.0 Å². The van der Waals surface area contributed by atoms with Crippen molar-refractivity contribution >= 4 is 28.5 Å². The summed E-state index contributed by atoms with van der Waals surface area (Å²) in [6.07, 6.45) is 2.17. The zero-order chi connectivity index (χ0) is 21.6. The van der Waals surface area contributed by atoms with Gasteiger partial charge >= 0.3 is 0 Å². The Balaban J connectivity index is 1.84. The lowest BCUT2D eigenvalue weighted by atomic mass is 10.1. The average molecular weight is 406 g/mol. The summed E-state index contributed by atoms with van der Waals surface area (Å²) in [5, 5.41) is 11.0. The predicted molar refractivity (Wildman–Crippen MR) is 117 cm³/mol. The highest BCUT2D eigenvalue weighted by molar-refractivity contribution is 6.14. The molecule has 0 saturated heterocycles. The van der Waals surface area contributed by atoms with Crippen LogP contribution in [0, 0.1) is 6.92 Å². The predicted octanol–water partition coefficient (Wildman–Crippen LogP) is 3.98. The molecule has 1 aliphatic rings. The van der Waals surface area contributed by atoms with Crippen LogP contribution < -0.4 is 10.6 Å². The number of fused-ring (bicyclic) bond motifs is 1. The molecule has 3 aromatic rings. The second-order valence-electron chi connectivity index (χ2n) is 8.81. The van der Waals surface area contributed by atoms with E-state index in [0.717, 1.165) is 35.3 Å². The molecule has 2 N–H and O–H groups in total. The van der Waals surface area contributed by atoms with Crippen LogP contribution in [0.5, 0.6) is 0 Å². The average Bonchev–Trinajstić information content (AvgIpc) is 3.50. The lowest BCUT2D eigenvalue weighted by molar-refractivity contribution is 0.0964. The quantitative estimate of drug-likeness (QED) is 0.687. The molecular weight excluding hydrogens is 378 g/mol. The smallest absolute Gasteiger partial charge is 0.256 e. The van der Waals surface area contributed by atoms with Crippen LogP contribution in [0.1, 0.15) is 71.6 Å². The molecule has 1 aromatic carbocycles. The van der Waals surface area contributed by atoms with Crippen molar-refractivity contribution in [1.29, 1.82) is 0 Å². The van der Waals surface area contributed by atoms with Gasteiger partial charge in [0.15, 0.2) is 5.65 Å². The third-order valence-corrected chi connectivity index (χ3v) is 5.36. The maximum absolute atomic E-state index is 13.4. The van der Waals surface area contributed by atoms with Gasteiger partial charge in [0, 0.05) is 18.7 Å². The fraction of sp³-hybridized carbons (Fsp3) is 0.391. The van der Waals surface area contributed by atoms with E-state index in [1.807, 2.05) is 17.7 Å². The highest BCUT2D eigenvalue weighted by Gasteiger charge is 2.30. The minimum Gasteiger partial charge on any atom is -0.355 e. The summed E-state index contributed by atoms with van der Waals surface area (Å²) >= 11 is 0. The number of benzene rings is 1. The number of para-hydroxylation sites is 1. The number of carbonyl (C=O) groups is 2. The van der Waals surface area contributed by atoms with Gasteiger partial charge in [-0.25, -0.2) is 9.67 Å². The third kappa shape index (κ3) is 3.56. The molecule has 7 heteroatoms. The lowest BCUT2D eigenvalue weighted by Gasteiger charge is -2.20. The molecule has 0 radical (unpaired) electrons. The van der Waals surface area contributed by atoms with Gasteiger partial charge in [0.05, 0.1) is 33.4 Å². The molecule has 0 spiro atoms. The number of amides is 2. The zero-order valence-corrected chi connectivity index (χ0v) is 18.0. The standard InChI is InChI=1S/C23H27N5O2/c1-13-19-16(22(30)26-17-9-7-6-8-15(17)21(29)24-5)12-18(14-10-11-14)25-20(19)28(27-13)23(2,3)4/h6-9,12,14H,10-11H2,1-5H3,(H,24,29)(H,26,30). The van der Waals surface area contributed by atoms with Crippen LogP contribution in [0.4, 0.5) is 5.69 Å². The molecule has 0 bridgehead atoms. The van der Waals surface area contributed by atoms with E-state index in [0.29, 0.717) is 22.7 Å². The fourth-order valence-corrected chi connectivity index (χ4v) is 3.66. The molecule has 2 heterocycles. The molecule has 0 unspecified atom stereocenters. The number of carbonyl (C=O) groups excluding carboxylic acids is 2. The van der Waals surface area contributed by atoms with Gasteiger partial charge in [-0.05, 0) is 58.7 Å². The van der Waals surface area contributed by atoms with E-state index in [4.69, 9.17) is 10.1 Å². The van der Waals surface area contributed by atoms with Crippen LogP contribution >= 0.6 is 0 Å². The molecule has 1 aliphatic carbocycles. The molecule has 2 aromatic heterocycles. The van der Waals surface area contributed by atoms with Crippen LogP contribution in [0.25, 0.3) is 11.0 Å². The van der Waals surface area contributed by atoms with Crippen LogP contribution in [0.3, 0.4) is 0 Å². The summed E-state index contributed by atoms with van der Waals surface area (Å²) in [5.41, 5.74) is 3.60. The van der Waals surface area contributed by atoms with Crippen molar-refractivity contribution in [1.82, 2.24) is 20.1 Å². The van der Waals surface area contributed by atoms with Crippen LogP contribution in [-0.2, 0) is 5.54 Å². The molecule has 4 rings (SSSR count). The monoisotopic (exact) mass is 405 g/mol. The molecule has 7 nitrogen and oxygen atoms in total. The number of pyridine rings is 1. The minimum absolute atomic E-state index is 0.249. The molecule has 0 aliphatic heterocycles. The maximum atomic E-state index is 13.4. The van der Waals surface area contributed by atoms with Gasteiger partial charge < -0.3 is 10.6 Å². The number of hydrogen-bond donors (Lipinski definition) is 2. The first-order valence-electron chi connectivity index (χ1n) is 10.2. The summed E-state index contributed by atoms with van der Waals surface area (Å²) in [6, 6.07) is 8.87. The summed E-state index contributed by atoms with van der Waals surface area (Å²) < 4.78 is 1.90. The van der Waals surface area contributed by atoms with Crippen LogP contribution in [0.15, 0.2) is 30.3 Å². The molecule has 156 valence electrons. The van der Waals surface area contributed by atoms with Gasteiger partial charge in [0.25, 0.3) is 11.8 Å². The second-order valence-corrected chi connectivity index (χ2v) is 8.81. The Morgan fingerprint density at radius 1 is 1.10 bits per heavy atom. The first-order chi connectivity index (χ1) is 14.2. The van der Waals surface area contributed by atoms with Crippen LogP contribution in [0.2, 0.25) is 0 Å². The Labute approximate surface area is 175 Å². The van der Waals surface area contributed by atoms with Gasteiger partial charge in [0.1, 0.15) is 0 Å². The number of nitrogens with zero attached hydrogens (tertiary/aromatic N) is 3. The first kappa shape index (κ1) is 20.1. The van der Waals surface area contributed by atoms with Crippen molar-refractivity contribution < 1.29 is 9.59 Å². The van der Waals surface area contributed by atoms with Gasteiger partial charge in [0.2, 0.25) is 0 Å². The lowest BCUT2D eigenvalue weighted by Crippen LogP contribution is -2.24. The second kappa shape index (κ2) is 7.23. The van der Waals surface area contributed by atoms with E-state index in [1.54, 1.807) is 31.3 Å². The largest absolute Gasteiger partial charge is 0.355 e. The Bertz CT molecular complexity index is 1150. The zero-order valence-electron chi connectivity index (χ0n) is 18.0. The maximum Gasteiger partial charge on any atom is 0.256 e. The number of rotatable bonds is 4. The van der Waals surface area contributed by atoms with Crippen molar-refractivity contribution in [3.05, 3.63) is 52.8 Å². The van der Waals surface area contributed by atoms with Gasteiger partial charge in [-0.2, -0.15) is 5.10 Å². The Morgan fingerprint density at radius 3 is 2.43 bits per heavy atom. The highest BCUT2D eigenvalue weighted by Crippen LogP contribution is 2.41. The molecule has 0 atom stereocenters. The van der Waals surface area contributed by atoms with E-state index in [-0.39, 0.29) is 17.4 Å². The van der Waals surface area contributed by atoms with Crippen molar-refractivity contribution in [2.75, 3.05) is 12.4 Å². The third-order valence-electron chi connectivity index (χ3n) is 5.36. The fourth-order valence-electron chi connectivity index (χ4n) is 3.66. The van der Waals surface area contributed by atoms with Crippen molar-refractivity contribution in [2.24, 2.45) is 0 Å². The van der Waals surface area contributed by atoms with E-state index < -0.39 is 0 Å². The Hall–Kier alpha value is -3.22. The number of hydrogen-bond acceptors (Lipinski definition) is 4. The number of nitrogens with one attached hydrogen (secondary N) is 2. The molecule has 2 amide bonds. The summed E-state index contributed by atoms with van der Waals surface area (Å²) in [5.74, 6) is -0.124. The number of aromatic nitrogens is 3.